The van der Waals surface area contributed by atoms with E-state index < -0.39 is 0 Å². The van der Waals surface area contributed by atoms with Gasteiger partial charge in [-0.2, -0.15) is 0 Å². The molecule has 1 aromatic carbocycles. The second-order valence-electron chi connectivity index (χ2n) is 7.77. The fraction of sp³-hybridized carbons (Fsp3) is 0.409. The summed E-state index contributed by atoms with van der Waals surface area (Å²) in [4.78, 5) is 30.5. The van der Waals surface area contributed by atoms with Gasteiger partial charge in [-0.25, -0.2) is 4.98 Å². The van der Waals surface area contributed by atoms with E-state index in [2.05, 4.69) is 10.3 Å². The van der Waals surface area contributed by atoms with E-state index >= 15 is 0 Å². The first-order valence-corrected chi connectivity index (χ1v) is 10.8. The van der Waals surface area contributed by atoms with Crippen LogP contribution in [0.15, 0.2) is 30.5 Å². The van der Waals surface area contributed by atoms with Crippen molar-refractivity contribution in [1.29, 1.82) is 0 Å². The van der Waals surface area contributed by atoms with Crippen molar-refractivity contribution in [2.75, 3.05) is 36.5 Å². The van der Waals surface area contributed by atoms with Gasteiger partial charge >= 0.3 is 0 Å². The maximum absolute atomic E-state index is 12.5. The summed E-state index contributed by atoms with van der Waals surface area (Å²) in [6, 6.07) is 7.15. The van der Waals surface area contributed by atoms with E-state index in [4.69, 9.17) is 26.8 Å². The van der Waals surface area contributed by atoms with Crippen molar-refractivity contribution in [2.24, 2.45) is 11.7 Å². The molecular weight excluding hydrogens is 420 g/mol. The molecule has 0 radical (unpaired) electrons. The quantitative estimate of drug-likeness (QED) is 0.734. The molecule has 4 rings (SSSR count). The van der Waals surface area contributed by atoms with Gasteiger partial charge in [-0.05, 0) is 42.7 Å². The van der Waals surface area contributed by atoms with Gasteiger partial charge in [0.25, 0.3) is 0 Å². The standard InChI is InChI=1S/C22H25ClN4O4/c23-17-9-14(10-18-21(17)31-8-2-7-30-18)11-20(28)26-16-4-5-19(25-12-16)27-6-1-3-15(13-27)22(24)29/h4-5,9-10,12,15H,1-3,6-8,11,13H2,(H2,24,29)(H,26,28). The number of fused-ring (bicyclic) bond motifs is 1. The number of hydrogen-bond donors (Lipinski definition) is 2. The SMILES string of the molecule is NC(=O)C1CCCN(c2ccc(NC(=O)Cc3cc(Cl)c4c(c3)OCCCO4)cn2)C1. The van der Waals surface area contributed by atoms with Gasteiger partial charge in [0.2, 0.25) is 11.8 Å². The molecule has 0 bridgehead atoms. The molecule has 1 saturated heterocycles. The molecule has 31 heavy (non-hydrogen) atoms. The van der Waals surface area contributed by atoms with Crippen LogP contribution >= 0.6 is 11.6 Å². The maximum Gasteiger partial charge on any atom is 0.228 e. The van der Waals surface area contributed by atoms with Crippen LogP contribution in [0.2, 0.25) is 5.02 Å². The average molecular weight is 445 g/mol. The van der Waals surface area contributed by atoms with Crippen LogP contribution in [0.3, 0.4) is 0 Å². The lowest BCUT2D eigenvalue weighted by atomic mass is 9.97. The summed E-state index contributed by atoms with van der Waals surface area (Å²) in [5.74, 6) is 1.24. The molecule has 1 unspecified atom stereocenters. The van der Waals surface area contributed by atoms with Crippen molar-refractivity contribution in [3.05, 3.63) is 41.0 Å². The molecule has 0 spiro atoms. The summed E-state index contributed by atoms with van der Waals surface area (Å²) in [7, 11) is 0. The van der Waals surface area contributed by atoms with Crippen molar-refractivity contribution in [2.45, 2.75) is 25.7 Å². The molecule has 1 atom stereocenters. The van der Waals surface area contributed by atoms with Gasteiger partial charge in [-0.1, -0.05) is 11.6 Å². The van der Waals surface area contributed by atoms with E-state index in [1.165, 1.54) is 0 Å². The van der Waals surface area contributed by atoms with Gasteiger partial charge in [0, 0.05) is 19.5 Å². The molecule has 3 N–H and O–H groups in total. The summed E-state index contributed by atoms with van der Waals surface area (Å²) in [5.41, 5.74) is 6.78. The van der Waals surface area contributed by atoms with Gasteiger partial charge < -0.3 is 25.4 Å². The molecule has 0 saturated carbocycles. The van der Waals surface area contributed by atoms with Crippen LogP contribution in [0, 0.1) is 5.92 Å². The lowest BCUT2D eigenvalue weighted by Gasteiger charge is -2.32. The third-order valence-electron chi connectivity index (χ3n) is 5.41. The highest BCUT2D eigenvalue weighted by Gasteiger charge is 2.24. The maximum atomic E-state index is 12.5. The van der Waals surface area contributed by atoms with Crippen LogP contribution in [0.25, 0.3) is 0 Å². The largest absolute Gasteiger partial charge is 0.489 e. The van der Waals surface area contributed by atoms with Crippen LogP contribution in [-0.2, 0) is 16.0 Å². The minimum absolute atomic E-state index is 0.143. The highest BCUT2D eigenvalue weighted by atomic mass is 35.5. The Kier molecular flexibility index (Phi) is 6.46. The van der Waals surface area contributed by atoms with Crippen LogP contribution in [0.4, 0.5) is 11.5 Å². The Hall–Kier alpha value is -3.00. The number of primary amides is 1. The molecule has 8 nitrogen and oxygen atoms in total. The molecular formula is C22H25ClN4O4. The molecule has 1 fully saturated rings. The molecule has 2 aliphatic heterocycles. The number of amides is 2. The lowest BCUT2D eigenvalue weighted by molar-refractivity contribution is -0.122. The van der Waals surface area contributed by atoms with E-state index in [0.29, 0.717) is 42.0 Å². The van der Waals surface area contributed by atoms with Crippen molar-refractivity contribution < 1.29 is 19.1 Å². The number of nitrogens with one attached hydrogen (secondary N) is 1. The number of carbonyl (C=O) groups is 2. The van der Waals surface area contributed by atoms with E-state index in [0.717, 1.165) is 37.2 Å². The molecule has 0 aliphatic carbocycles. The summed E-state index contributed by atoms with van der Waals surface area (Å²) >= 11 is 6.30. The number of piperidine rings is 1. The fourth-order valence-corrected chi connectivity index (χ4v) is 4.13. The van der Waals surface area contributed by atoms with E-state index in [1.807, 2.05) is 11.0 Å². The lowest BCUT2D eigenvalue weighted by Crippen LogP contribution is -2.41. The van der Waals surface area contributed by atoms with Gasteiger partial charge in [-0.15, -0.1) is 0 Å². The molecule has 3 heterocycles. The number of nitrogens with two attached hydrogens (primary N) is 1. The number of hydrogen-bond acceptors (Lipinski definition) is 6. The van der Waals surface area contributed by atoms with Crippen LogP contribution < -0.4 is 25.4 Å². The highest BCUT2D eigenvalue weighted by Crippen LogP contribution is 2.38. The van der Waals surface area contributed by atoms with E-state index in [9.17, 15) is 9.59 Å². The van der Waals surface area contributed by atoms with Crippen LogP contribution in [0.5, 0.6) is 11.5 Å². The number of nitrogens with zero attached hydrogens (tertiary/aromatic N) is 2. The third-order valence-corrected chi connectivity index (χ3v) is 5.69. The number of anilines is 2. The molecule has 2 aliphatic rings. The van der Waals surface area contributed by atoms with Gasteiger partial charge in [0.15, 0.2) is 11.5 Å². The van der Waals surface area contributed by atoms with Crippen molar-refractivity contribution in [3.63, 3.8) is 0 Å². The predicted octanol–water partition coefficient (Wildman–Crippen LogP) is 2.78. The summed E-state index contributed by atoms with van der Waals surface area (Å²) < 4.78 is 11.3. The summed E-state index contributed by atoms with van der Waals surface area (Å²) in [5, 5.41) is 3.28. The first-order chi connectivity index (χ1) is 15.0. The van der Waals surface area contributed by atoms with Crippen LogP contribution in [-0.4, -0.2) is 43.1 Å². The number of ether oxygens (including phenoxy) is 2. The number of rotatable bonds is 5. The number of halogens is 1. The second kappa shape index (κ2) is 9.43. The van der Waals surface area contributed by atoms with E-state index in [-0.39, 0.29) is 24.2 Å². The predicted molar refractivity (Wildman–Crippen MR) is 118 cm³/mol. The highest BCUT2D eigenvalue weighted by molar-refractivity contribution is 6.32. The Morgan fingerprint density at radius 3 is 2.84 bits per heavy atom. The molecule has 2 aromatic rings. The molecule has 9 heteroatoms. The Morgan fingerprint density at radius 2 is 2.06 bits per heavy atom. The number of benzene rings is 1. The normalized spacial score (nSPS) is 18.2. The number of aromatic nitrogens is 1. The first-order valence-electron chi connectivity index (χ1n) is 10.4. The third kappa shape index (κ3) is 5.19. The zero-order valence-corrected chi connectivity index (χ0v) is 17.9. The average Bonchev–Trinajstić information content (AvgIpc) is 3.00. The van der Waals surface area contributed by atoms with E-state index in [1.54, 1.807) is 24.4 Å². The second-order valence-corrected chi connectivity index (χ2v) is 8.18. The first kappa shape index (κ1) is 21.2. The van der Waals surface area contributed by atoms with Crippen LogP contribution in [0.1, 0.15) is 24.8 Å². The fourth-order valence-electron chi connectivity index (χ4n) is 3.84. The Balaban J connectivity index is 1.37. The molecule has 2 amide bonds. The zero-order chi connectivity index (χ0) is 21.8. The van der Waals surface area contributed by atoms with Crippen molar-refractivity contribution in [1.82, 2.24) is 4.98 Å². The van der Waals surface area contributed by atoms with Gasteiger partial charge in [0.1, 0.15) is 5.82 Å². The summed E-state index contributed by atoms with van der Waals surface area (Å²) in [6.07, 6.45) is 4.24. The Labute approximate surface area is 185 Å². The summed E-state index contributed by atoms with van der Waals surface area (Å²) in [6.45, 7) is 2.50. The van der Waals surface area contributed by atoms with Crippen molar-refractivity contribution in [3.8, 4) is 11.5 Å². The molecule has 1 aromatic heterocycles. The number of pyridine rings is 1. The minimum atomic E-state index is -0.275. The monoisotopic (exact) mass is 444 g/mol. The Morgan fingerprint density at radius 1 is 1.23 bits per heavy atom. The van der Waals surface area contributed by atoms with Crippen molar-refractivity contribution >= 4 is 34.9 Å². The zero-order valence-electron chi connectivity index (χ0n) is 17.1. The topological polar surface area (TPSA) is 107 Å². The Bertz CT molecular complexity index is 967. The van der Waals surface area contributed by atoms with Gasteiger partial charge in [-0.3, -0.25) is 9.59 Å². The number of carbonyl (C=O) groups excluding carboxylic acids is 2. The molecule has 164 valence electrons. The minimum Gasteiger partial charge on any atom is -0.489 e. The smallest absolute Gasteiger partial charge is 0.228 e. The van der Waals surface area contributed by atoms with Gasteiger partial charge in [0.05, 0.1) is 42.5 Å².